The molecular formula is C13H22BrN3O. The predicted octanol–water partition coefficient (Wildman–Crippen LogP) is 2.51. The summed E-state index contributed by atoms with van der Waals surface area (Å²) in [6.07, 6.45) is 3.79. The minimum atomic E-state index is -0.0339. The summed E-state index contributed by atoms with van der Waals surface area (Å²) in [6, 6.07) is 1.64. The smallest absolute Gasteiger partial charge is 0.268 e. The summed E-state index contributed by atoms with van der Waals surface area (Å²) in [5.41, 5.74) is 0.915. The third-order valence-electron chi connectivity index (χ3n) is 3.64. The van der Waals surface area contributed by atoms with Crippen LogP contribution in [0.3, 0.4) is 0 Å². The number of hydrogen-bond acceptors (Lipinski definition) is 3. The van der Waals surface area contributed by atoms with Crippen LogP contribution >= 0.6 is 15.9 Å². The van der Waals surface area contributed by atoms with Crippen LogP contribution in [0, 0.1) is 5.41 Å². The van der Waals surface area contributed by atoms with Crippen molar-refractivity contribution < 1.29 is 0 Å². The van der Waals surface area contributed by atoms with E-state index in [9.17, 15) is 4.79 Å². The van der Waals surface area contributed by atoms with Gasteiger partial charge in [0.1, 0.15) is 0 Å². The maximum absolute atomic E-state index is 12.0. The highest BCUT2D eigenvalue weighted by molar-refractivity contribution is 9.09. The van der Waals surface area contributed by atoms with Gasteiger partial charge in [-0.25, -0.2) is 4.68 Å². The monoisotopic (exact) mass is 315 g/mol. The Kier molecular flexibility index (Phi) is 5.38. The highest BCUT2D eigenvalue weighted by Crippen LogP contribution is 2.30. The average molecular weight is 316 g/mol. The van der Waals surface area contributed by atoms with Crippen LogP contribution in [-0.4, -0.2) is 29.2 Å². The van der Waals surface area contributed by atoms with Gasteiger partial charge >= 0.3 is 0 Å². The van der Waals surface area contributed by atoms with Crippen LogP contribution in [0.5, 0.6) is 0 Å². The summed E-state index contributed by atoms with van der Waals surface area (Å²) in [5.74, 6) is 0. The Labute approximate surface area is 117 Å². The van der Waals surface area contributed by atoms with Crippen LogP contribution in [0.1, 0.15) is 26.7 Å². The van der Waals surface area contributed by atoms with E-state index in [4.69, 9.17) is 0 Å². The highest BCUT2D eigenvalue weighted by Gasteiger charge is 2.26. The quantitative estimate of drug-likeness (QED) is 0.757. The number of alkyl halides is 1. The van der Waals surface area contributed by atoms with Crippen LogP contribution in [0.25, 0.3) is 0 Å². The van der Waals surface area contributed by atoms with Crippen LogP contribution in [0.2, 0.25) is 0 Å². The molecule has 0 amide bonds. The molecule has 0 radical (unpaired) electrons. The van der Waals surface area contributed by atoms with Gasteiger partial charge in [0.15, 0.2) is 0 Å². The largest absolute Gasteiger partial charge is 0.376 e. The number of hydrogen-bond donors (Lipinski definition) is 0. The fourth-order valence-corrected chi connectivity index (χ4v) is 2.78. The normalized spacial score (nSPS) is 11.6. The first-order valence-electron chi connectivity index (χ1n) is 6.28. The number of anilines is 1. The van der Waals surface area contributed by atoms with Gasteiger partial charge in [-0.05, 0) is 18.3 Å². The van der Waals surface area contributed by atoms with Crippen molar-refractivity contribution in [3.05, 3.63) is 22.6 Å². The molecule has 0 fully saturated rings. The number of halogens is 1. The van der Waals surface area contributed by atoms with E-state index in [0.717, 1.165) is 23.9 Å². The lowest BCUT2D eigenvalue weighted by Gasteiger charge is -2.29. The maximum Gasteiger partial charge on any atom is 0.268 e. The third-order valence-corrected chi connectivity index (χ3v) is 4.83. The van der Waals surface area contributed by atoms with Crippen LogP contribution in [0.15, 0.2) is 17.1 Å². The molecule has 4 nitrogen and oxygen atoms in total. The first-order valence-corrected chi connectivity index (χ1v) is 7.40. The van der Waals surface area contributed by atoms with Crippen molar-refractivity contribution in [1.82, 2.24) is 9.78 Å². The second kappa shape index (κ2) is 6.36. The molecule has 0 atom stereocenters. The summed E-state index contributed by atoms with van der Waals surface area (Å²) in [4.78, 5) is 13.9. The van der Waals surface area contributed by atoms with Gasteiger partial charge in [0.05, 0.1) is 18.4 Å². The highest BCUT2D eigenvalue weighted by atomic mass is 79.9. The number of aromatic nitrogens is 2. The molecule has 0 spiro atoms. The Bertz CT molecular complexity index is 430. The second-order valence-corrected chi connectivity index (χ2v) is 5.51. The molecule has 0 aliphatic heterocycles. The molecule has 1 aromatic rings. The molecule has 0 aliphatic rings. The third kappa shape index (κ3) is 3.34. The SMILES string of the molecule is CCC(CC)(CBr)Cn1ncc(N(C)C)cc1=O. The van der Waals surface area contributed by atoms with Crippen molar-refractivity contribution in [2.45, 2.75) is 33.2 Å². The number of nitrogens with zero attached hydrogens (tertiary/aromatic N) is 3. The standard InChI is InChI=1S/C13H22BrN3O/c1-5-13(6-2,9-14)10-17-12(18)7-11(8-15-17)16(3)4/h7-8H,5-6,9-10H2,1-4H3. The lowest BCUT2D eigenvalue weighted by atomic mass is 9.85. The first-order chi connectivity index (χ1) is 8.48. The second-order valence-electron chi connectivity index (χ2n) is 4.94. The van der Waals surface area contributed by atoms with E-state index in [1.54, 1.807) is 16.9 Å². The molecule has 5 heteroatoms. The summed E-state index contributed by atoms with van der Waals surface area (Å²) >= 11 is 3.56. The van der Waals surface area contributed by atoms with Crippen molar-refractivity contribution in [1.29, 1.82) is 0 Å². The van der Waals surface area contributed by atoms with Gasteiger partial charge in [0, 0.05) is 25.5 Å². The van der Waals surface area contributed by atoms with E-state index < -0.39 is 0 Å². The molecule has 1 rings (SSSR count). The summed E-state index contributed by atoms with van der Waals surface area (Å²) in [5, 5.41) is 5.16. The van der Waals surface area contributed by atoms with E-state index in [2.05, 4.69) is 34.9 Å². The van der Waals surface area contributed by atoms with E-state index in [0.29, 0.717) is 6.54 Å². The fourth-order valence-electron chi connectivity index (χ4n) is 1.81. The molecule has 0 aromatic carbocycles. The molecule has 18 heavy (non-hydrogen) atoms. The van der Waals surface area contributed by atoms with Gasteiger partial charge in [-0.3, -0.25) is 4.79 Å². The van der Waals surface area contributed by atoms with E-state index in [1.807, 2.05) is 19.0 Å². The lowest BCUT2D eigenvalue weighted by molar-refractivity contribution is 0.242. The summed E-state index contributed by atoms with van der Waals surface area (Å²) < 4.78 is 1.57. The molecule has 1 aromatic heterocycles. The van der Waals surface area contributed by atoms with Gasteiger partial charge in [-0.1, -0.05) is 29.8 Å². The predicted molar refractivity (Wildman–Crippen MR) is 79.6 cm³/mol. The Balaban J connectivity index is 3.01. The van der Waals surface area contributed by atoms with Crippen molar-refractivity contribution >= 4 is 21.6 Å². The zero-order chi connectivity index (χ0) is 13.8. The van der Waals surface area contributed by atoms with Gasteiger partial charge < -0.3 is 4.90 Å². The van der Waals surface area contributed by atoms with Crippen molar-refractivity contribution in [2.75, 3.05) is 24.3 Å². The molecule has 1 heterocycles. The van der Waals surface area contributed by atoms with E-state index >= 15 is 0 Å². The Morgan fingerprint density at radius 2 is 2.00 bits per heavy atom. The zero-order valence-electron chi connectivity index (χ0n) is 11.6. The molecule has 0 N–H and O–H groups in total. The van der Waals surface area contributed by atoms with Gasteiger partial charge in [0.2, 0.25) is 0 Å². The van der Waals surface area contributed by atoms with E-state index in [1.165, 1.54) is 0 Å². The fraction of sp³-hybridized carbons (Fsp3) is 0.692. The topological polar surface area (TPSA) is 38.1 Å². The molecular weight excluding hydrogens is 294 g/mol. The van der Waals surface area contributed by atoms with Crippen molar-refractivity contribution in [3.8, 4) is 0 Å². The minimum Gasteiger partial charge on any atom is -0.376 e. The molecule has 0 aliphatic carbocycles. The Hall–Kier alpha value is -0.840. The summed E-state index contributed by atoms with van der Waals surface area (Å²) in [6.45, 7) is 4.98. The zero-order valence-corrected chi connectivity index (χ0v) is 13.2. The Morgan fingerprint density at radius 1 is 1.39 bits per heavy atom. The molecule has 102 valence electrons. The Morgan fingerprint density at radius 3 is 2.39 bits per heavy atom. The molecule has 0 saturated carbocycles. The van der Waals surface area contributed by atoms with Crippen LogP contribution < -0.4 is 10.5 Å². The molecule has 0 bridgehead atoms. The molecule has 0 unspecified atom stereocenters. The van der Waals surface area contributed by atoms with Gasteiger partial charge in [-0.15, -0.1) is 0 Å². The van der Waals surface area contributed by atoms with Gasteiger partial charge in [0.25, 0.3) is 5.56 Å². The average Bonchev–Trinajstić information content (AvgIpc) is 2.38. The minimum absolute atomic E-state index is 0.0339. The first kappa shape index (κ1) is 15.2. The van der Waals surface area contributed by atoms with Crippen molar-refractivity contribution in [3.63, 3.8) is 0 Å². The molecule has 0 saturated heterocycles. The van der Waals surface area contributed by atoms with E-state index in [-0.39, 0.29) is 11.0 Å². The van der Waals surface area contributed by atoms with Gasteiger partial charge in [-0.2, -0.15) is 5.10 Å². The number of rotatable bonds is 6. The van der Waals surface area contributed by atoms with Crippen molar-refractivity contribution in [2.24, 2.45) is 5.41 Å². The maximum atomic E-state index is 12.0. The lowest BCUT2D eigenvalue weighted by Crippen LogP contribution is -2.34. The summed E-state index contributed by atoms with van der Waals surface area (Å²) in [7, 11) is 3.81. The van der Waals surface area contributed by atoms with Crippen LogP contribution in [-0.2, 0) is 6.54 Å². The van der Waals surface area contributed by atoms with Crippen LogP contribution in [0.4, 0.5) is 5.69 Å².